The van der Waals surface area contributed by atoms with Crippen molar-refractivity contribution in [3.63, 3.8) is 0 Å². The number of rotatable bonds is 3. The number of benzene rings is 1. The molecule has 0 aliphatic heterocycles. The number of hydrazine groups is 1. The van der Waals surface area contributed by atoms with E-state index in [4.69, 9.17) is 15.0 Å². The first-order valence-corrected chi connectivity index (χ1v) is 5.89. The van der Waals surface area contributed by atoms with E-state index >= 15 is 0 Å². The summed E-state index contributed by atoms with van der Waals surface area (Å²) in [4.78, 5) is 11.3. The average Bonchev–Trinajstić information content (AvgIpc) is 2.87. The van der Waals surface area contributed by atoms with Gasteiger partial charge >= 0.3 is 5.91 Å². The third-order valence-corrected chi connectivity index (χ3v) is 2.88. The van der Waals surface area contributed by atoms with Crippen molar-refractivity contribution in [2.24, 2.45) is 5.84 Å². The van der Waals surface area contributed by atoms with Crippen molar-refractivity contribution in [2.75, 3.05) is 7.11 Å². The molecule has 5 nitrogen and oxygen atoms in total. The maximum atomic E-state index is 11.3. The lowest BCUT2D eigenvalue weighted by molar-refractivity contribution is 0.0927. The molecule has 1 aromatic carbocycles. The fraction of sp³-hybridized carbons (Fsp3) is 0.0833. The highest BCUT2D eigenvalue weighted by atomic mass is 79.9. The van der Waals surface area contributed by atoms with E-state index in [9.17, 15) is 4.79 Å². The molecule has 1 heterocycles. The number of nitrogens with two attached hydrogens (primary N) is 1. The lowest BCUT2D eigenvalue weighted by Gasteiger charge is -2.06. The second-order valence-corrected chi connectivity index (χ2v) is 4.40. The van der Waals surface area contributed by atoms with Crippen molar-refractivity contribution in [2.45, 2.75) is 0 Å². The molecule has 6 heteroatoms. The van der Waals surface area contributed by atoms with E-state index < -0.39 is 5.91 Å². The lowest BCUT2D eigenvalue weighted by atomic mass is 10.1. The van der Waals surface area contributed by atoms with Gasteiger partial charge in [0.25, 0.3) is 0 Å². The highest BCUT2D eigenvalue weighted by Crippen LogP contribution is 2.33. The number of carbonyl (C=O) groups is 1. The zero-order valence-corrected chi connectivity index (χ0v) is 11.2. The Morgan fingerprint density at radius 2 is 2.17 bits per heavy atom. The van der Waals surface area contributed by atoms with Gasteiger partial charge < -0.3 is 9.15 Å². The van der Waals surface area contributed by atoms with Gasteiger partial charge in [-0.05, 0) is 30.3 Å². The number of amides is 1. The summed E-state index contributed by atoms with van der Waals surface area (Å²) in [7, 11) is 1.57. The molecule has 0 bridgehead atoms. The molecule has 2 aromatic rings. The number of hydrogen-bond acceptors (Lipinski definition) is 4. The Morgan fingerprint density at radius 1 is 1.39 bits per heavy atom. The Kier molecular flexibility index (Phi) is 3.69. The smallest absolute Gasteiger partial charge is 0.300 e. The maximum Gasteiger partial charge on any atom is 0.300 e. The van der Waals surface area contributed by atoms with Gasteiger partial charge in [0.1, 0.15) is 11.5 Å². The molecule has 0 fully saturated rings. The number of methoxy groups -OCH3 is 1. The summed E-state index contributed by atoms with van der Waals surface area (Å²) >= 11 is 3.36. The summed E-state index contributed by atoms with van der Waals surface area (Å²) in [6.45, 7) is 0. The van der Waals surface area contributed by atoms with Gasteiger partial charge in [0.05, 0.1) is 12.7 Å². The first kappa shape index (κ1) is 12.7. The third-order valence-electron chi connectivity index (χ3n) is 2.39. The van der Waals surface area contributed by atoms with Crippen LogP contribution in [0.25, 0.3) is 11.3 Å². The highest BCUT2D eigenvalue weighted by Gasteiger charge is 2.14. The number of halogens is 1. The van der Waals surface area contributed by atoms with E-state index in [1.807, 2.05) is 23.6 Å². The van der Waals surface area contributed by atoms with Gasteiger partial charge in [0.15, 0.2) is 5.76 Å². The zero-order valence-electron chi connectivity index (χ0n) is 9.57. The number of hydrogen-bond donors (Lipinski definition) is 2. The van der Waals surface area contributed by atoms with Crippen molar-refractivity contribution in [3.8, 4) is 17.1 Å². The van der Waals surface area contributed by atoms with Crippen LogP contribution in [0.2, 0.25) is 0 Å². The van der Waals surface area contributed by atoms with Crippen LogP contribution in [-0.2, 0) is 0 Å². The second kappa shape index (κ2) is 5.24. The second-order valence-electron chi connectivity index (χ2n) is 3.48. The van der Waals surface area contributed by atoms with E-state index in [1.165, 1.54) is 0 Å². The van der Waals surface area contributed by atoms with Crippen molar-refractivity contribution in [3.05, 3.63) is 40.6 Å². The Balaban J connectivity index is 2.42. The van der Waals surface area contributed by atoms with Gasteiger partial charge in [-0.2, -0.15) is 0 Å². The maximum absolute atomic E-state index is 11.3. The van der Waals surface area contributed by atoms with E-state index in [-0.39, 0.29) is 5.76 Å². The molecular weight excluding hydrogens is 300 g/mol. The predicted molar refractivity (Wildman–Crippen MR) is 70.0 cm³/mol. The average molecular weight is 311 g/mol. The largest absolute Gasteiger partial charge is 0.496 e. The Labute approximate surface area is 112 Å². The lowest BCUT2D eigenvalue weighted by Crippen LogP contribution is -2.29. The molecule has 0 saturated carbocycles. The molecule has 0 atom stereocenters. The van der Waals surface area contributed by atoms with Crippen molar-refractivity contribution < 1.29 is 13.9 Å². The molecule has 3 N–H and O–H groups in total. The normalized spacial score (nSPS) is 10.2. The molecule has 0 aliphatic rings. The molecule has 0 spiro atoms. The molecule has 0 radical (unpaired) electrons. The molecule has 18 heavy (non-hydrogen) atoms. The standard InChI is InChI=1S/C12H11BrN2O3/c1-17-11-6-7(13)2-3-8(11)9-4-5-10(18-9)12(16)15-14/h2-6H,14H2,1H3,(H,15,16). The first-order valence-electron chi connectivity index (χ1n) is 5.10. The third kappa shape index (κ3) is 2.39. The molecule has 2 rings (SSSR count). The van der Waals surface area contributed by atoms with Crippen LogP contribution in [-0.4, -0.2) is 13.0 Å². The molecule has 0 unspecified atom stereocenters. The molecule has 1 aromatic heterocycles. The summed E-state index contributed by atoms with van der Waals surface area (Å²) in [6.07, 6.45) is 0. The van der Waals surface area contributed by atoms with Crippen molar-refractivity contribution in [1.29, 1.82) is 0 Å². The first-order chi connectivity index (χ1) is 8.65. The van der Waals surface area contributed by atoms with Crippen LogP contribution in [0.15, 0.2) is 39.2 Å². The quantitative estimate of drug-likeness (QED) is 0.518. The summed E-state index contributed by atoms with van der Waals surface area (Å²) in [5.41, 5.74) is 2.77. The van der Waals surface area contributed by atoms with E-state index in [0.29, 0.717) is 11.5 Å². The SMILES string of the molecule is COc1cc(Br)ccc1-c1ccc(C(=O)NN)o1. The molecule has 0 saturated heterocycles. The molecule has 94 valence electrons. The summed E-state index contributed by atoms with van der Waals surface area (Å²) in [6, 6.07) is 8.77. The summed E-state index contributed by atoms with van der Waals surface area (Å²) in [5.74, 6) is 5.90. The summed E-state index contributed by atoms with van der Waals surface area (Å²) in [5, 5.41) is 0. The van der Waals surface area contributed by atoms with E-state index in [1.54, 1.807) is 19.2 Å². The minimum Gasteiger partial charge on any atom is -0.496 e. The number of furan rings is 1. The monoisotopic (exact) mass is 310 g/mol. The fourth-order valence-corrected chi connectivity index (χ4v) is 1.88. The van der Waals surface area contributed by atoms with Crippen LogP contribution in [0.5, 0.6) is 5.75 Å². The molecular formula is C12H11BrN2O3. The van der Waals surface area contributed by atoms with Gasteiger partial charge in [-0.3, -0.25) is 10.2 Å². The predicted octanol–water partition coefficient (Wildman–Crippen LogP) is 2.32. The number of ether oxygens (including phenoxy) is 1. The summed E-state index contributed by atoms with van der Waals surface area (Å²) < 4.78 is 11.6. The van der Waals surface area contributed by atoms with Crippen LogP contribution in [0, 0.1) is 0 Å². The number of nitrogen functional groups attached to an aromatic ring is 1. The Bertz CT molecular complexity index is 580. The van der Waals surface area contributed by atoms with Crippen LogP contribution in [0.3, 0.4) is 0 Å². The number of carbonyl (C=O) groups excluding carboxylic acids is 1. The fourth-order valence-electron chi connectivity index (χ4n) is 1.54. The highest BCUT2D eigenvalue weighted by molar-refractivity contribution is 9.10. The van der Waals surface area contributed by atoms with Crippen LogP contribution < -0.4 is 16.0 Å². The number of nitrogens with one attached hydrogen (secondary N) is 1. The van der Waals surface area contributed by atoms with Gasteiger partial charge in [-0.1, -0.05) is 15.9 Å². The molecule has 1 amide bonds. The molecule has 0 aliphatic carbocycles. The van der Waals surface area contributed by atoms with Gasteiger partial charge in [-0.15, -0.1) is 0 Å². The Morgan fingerprint density at radius 3 is 2.83 bits per heavy atom. The van der Waals surface area contributed by atoms with Gasteiger partial charge in [0.2, 0.25) is 0 Å². The minimum absolute atomic E-state index is 0.150. The van der Waals surface area contributed by atoms with Crippen LogP contribution in [0.4, 0.5) is 0 Å². The minimum atomic E-state index is -0.475. The van der Waals surface area contributed by atoms with Crippen molar-refractivity contribution in [1.82, 2.24) is 5.43 Å². The van der Waals surface area contributed by atoms with Gasteiger partial charge in [0, 0.05) is 4.47 Å². The Hall–Kier alpha value is -1.79. The zero-order chi connectivity index (χ0) is 13.1. The van der Waals surface area contributed by atoms with Crippen LogP contribution >= 0.6 is 15.9 Å². The van der Waals surface area contributed by atoms with Crippen LogP contribution in [0.1, 0.15) is 10.6 Å². The van der Waals surface area contributed by atoms with Crippen molar-refractivity contribution >= 4 is 21.8 Å². The topological polar surface area (TPSA) is 77.5 Å². The van der Waals surface area contributed by atoms with E-state index in [0.717, 1.165) is 10.0 Å². The van der Waals surface area contributed by atoms with Gasteiger partial charge in [-0.25, -0.2) is 5.84 Å². The van der Waals surface area contributed by atoms with E-state index in [2.05, 4.69) is 15.9 Å².